The molecule has 0 N–H and O–H groups in total. The zero-order valence-electron chi connectivity index (χ0n) is 11.8. The zero-order chi connectivity index (χ0) is 13.3. The topological polar surface area (TPSA) is 30.0 Å². The molecule has 17 heavy (non-hydrogen) atoms. The number of hydrogen-bond donors (Lipinski definition) is 0. The van der Waals surface area contributed by atoms with Gasteiger partial charge in [-0.25, -0.2) is 4.98 Å². The summed E-state index contributed by atoms with van der Waals surface area (Å²) in [6.07, 6.45) is 1.50. The summed E-state index contributed by atoms with van der Waals surface area (Å²) in [5, 5.41) is 2.93. The van der Waals surface area contributed by atoms with Gasteiger partial charge < -0.3 is 0 Å². The Balaban J connectivity index is 2.68. The van der Waals surface area contributed by atoms with Gasteiger partial charge in [0.05, 0.1) is 5.01 Å². The summed E-state index contributed by atoms with van der Waals surface area (Å²) in [6, 6.07) is 0. The van der Waals surface area contributed by atoms with Crippen molar-refractivity contribution in [1.82, 2.24) is 4.98 Å². The minimum absolute atomic E-state index is 0.0349. The van der Waals surface area contributed by atoms with Crippen molar-refractivity contribution in [2.45, 2.75) is 59.8 Å². The van der Waals surface area contributed by atoms with E-state index in [2.05, 4.69) is 46.5 Å². The van der Waals surface area contributed by atoms with Crippen LogP contribution < -0.4 is 0 Å². The van der Waals surface area contributed by atoms with Gasteiger partial charge in [0.25, 0.3) is 0 Å². The van der Waals surface area contributed by atoms with E-state index in [1.165, 1.54) is 0 Å². The average Bonchev–Trinajstić information content (AvgIpc) is 2.60. The molecular formula is C14H23NOS. The molecule has 3 heteroatoms. The van der Waals surface area contributed by atoms with Crippen molar-refractivity contribution >= 4 is 17.1 Å². The number of nitrogens with zero attached hydrogens (tertiary/aromatic N) is 1. The first-order chi connectivity index (χ1) is 7.59. The molecule has 1 rings (SSSR count). The Hall–Kier alpha value is -0.700. The van der Waals surface area contributed by atoms with Crippen LogP contribution in [0, 0.1) is 5.41 Å². The summed E-state index contributed by atoms with van der Waals surface area (Å²) in [5.74, 6) is 0.173. The molecule has 2 nitrogen and oxygen atoms in total. The first-order valence-corrected chi connectivity index (χ1v) is 6.97. The second-order valence-electron chi connectivity index (χ2n) is 6.77. The van der Waals surface area contributed by atoms with Crippen molar-refractivity contribution in [1.29, 1.82) is 0 Å². The summed E-state index contributed by atoms with van der Waals surface area (Å²) in [4.78, 5) is 16.4. The minimum atomic E-state index is 0.0349. The molecule has 1 aromatic heterocycles. The van der Waals surface area contributed by atoms with Crippen LogP contribution in [0.1, 0.15) is 69.9 Å². The van der Waals surface area contributed by atoms with Gasteiger partial charge in [-0.15, -0.1) is 11.3 Å². The Labute approximate surface area is 108 Å². The number of aromatic nitrogens is 1. The second kappa shape index (κ2) is 4.89. The molecule has 0 radical (unpaired) electrons. The van der Waals surface area contributed by atoms with Crippen LogP contribution in [0.3, 0.4) is 0 Å². The molecule has 0 atom stereocenters. The molecule has 0 spiro atoms. The SMILES string of the molecule is CC(C)(C)CCC(=O)c1csc(C(C)(C)C)n1. The zero-order valence-corrected chi connectivity index (χ0v) is 12.6. The van der Waals surface area contributed by atoms with Gasteiger partial charge in [-0.2, -0.15) is 0 Å². The van der Waals surface area contributed by atoms with E-state index < -0.39 is 0 Å². The quantitative estimate of drug-likeness (QED) is 0.745. The van der Waals surface area contributed by atoms with E-state index in [1.807, 2.05) is 5.38 Å². The fourth-order valence-corrected chi connectivity index (χ4v) is 2.27. The molecule has 0 aliphatic heterocycles. The predicted molar refractivity (Wildman–Crippen MR) is 73.8 cm³/mol. The molecule has 0 unspecified atom stereocenters. The van der Waals surface area contributed by atoms with Crippen LogP contribution in [0.2, 0.25) is 0 Å². The highest BCUT2D eigenvalue weighted by Gasteiger charge is 2.21. The van der Waals surface area contributed by atoms with E-state index in [9.17, 15) is 4.79 Å². The van der Waals surface area contributed by atoms with Crippen LogP contribution in [0.5, 0.6) is 0 Å². The third kappa shape index (κ3) is 4.58. The number of carbonyl (C=O) groups excluding carboxylic acids is 1. The van der Waals surface area contributed by atoms with Crippen LogP contribution in [0.25, 0.3) is 0 Å². The molecule has 0 aliphatic carbocycles. The summed E-state index contributed by atoms with van der Waals surface area (Å²) in [7, 11) is 0. The molecule has 0 aliphatic rings. The van der Waals surface area contributed by atoms with Crippen molar-refractivity contribution in [2.75, 3.05) is 0 Å². The summed E-state index contributed by atoms with van der Waals surface area (Å²) in [5.41, 5.74) is 0.885. The van der Waals surface area contributed by atoms with Crippen LogP contribution in [0.15, 0.2) is 5.38 Å². The van der Waals surface area contributed by atoms with E-state index in [0.717, 1.165) is 11.4 Å². The highest BCUT2D eigenvalue weighted by Crippen LogP contribution is 2.27. The van der Waals surface area contributed by atoms with Crippen LogP contribution in [0.4, 0.5) is 0 Å². The first kappa shape index (κ1) is 14.4. The predicted octanol–water partition coefficient (Wildman–Crippen LogP) is 4.45. The van der Waals surface area contributed by atoms with Crippen molar-refractivity contribution in [2.24, 2.45) is 5.41 Å². The van der Waals surface area contributed by atoms with E-state index in [1.54, 1.807) is 11.3 Å². The van der Waals surface area contributed by atoms with Crippen molar-refractivity contribution in [3.05, 3.63) is 16.1 Å². The number of rotatable bonds is 3. The maximum Gasteiger partial charge on any atom is 0.182 e. The van der Waals surface area contributed by atoms with E-state index in [0.29, 0.717) is 12.1 Å². The van der Waals surface area contributed by atoms with Gasteiger partial charge in [-0.3, -0.25) is 4.79 Å². The maximum atomic E-state index is 12.0. The van der Waals surface area contributed by atoms with E-state index >= 15 is 0 Å². The summed E-state index contributed by atoms with van der Waals surface area (Å²) >= 11 is 1.59. The molecule has 0 aromatic carbocycles. The molecule has 0 amide bonds. The Morgan fingerprint density at radius 1 is 1.24 bits per heavy atom. The van der Waals surface area contributed by atoms with Crippen molar-refractivity contribution in [3.63, 3.8) is 0 Å². The monoisotopic (exact) mass is 253 g/mol. The number of carbonyl (C=O) groups is 1. The highest BCUT2D eigenvalue weighted by molar-refractivity contribution is 7.10. The lowest BCUT2D eigenvalue weighted by Gasteiger charge is -2.16. The smallest absolute Gasteiger partial charge is 0.182 e. The number of thiazole rings is 1. The van der Waals surface area contributed by atoms with Gasteiger partial charge in [0.15, 0.2) is 5.78 Å². The van der Waals surface area contributed by atoms with Crippen molar-refractivity contribution < 1.29 is 4.79 Å². The first-order valence-electron chi connectivity index (χ1n) is 6.09. The standard InChI is InChI=1S/C14H23NOS/c1-13(2,3)8-7-11(16)10-9-17-12(15-10)14(4,5)6/h9H,7-8H2,1-6H3. The number of hydrogen-bond acceptors (Lipinski definition) is 3. The normalized spacial score (nSPS) is 12.8. The van der Waals surface area contributed by atoms with Gasteiger partial charge in [0.2, 0.25) is 0 Å². The average molecular weight is 253 g/mol. The molecule has 1 heterocycles. The van der Waals surface area contributed by atoms with Gasteiger partial charge in [0.1, 0.15) is 5.69 Å². The molecule has 0 fully saturated rings. The fourth-order valence-electron chi connectivity index (χ4n) is 1.36. The lowest BCUT2D eigenvalue weighted by atomic mass is 9.89. The molecule has 1 aromatic rings. The Kier molecular flexibility index (Phi) is 4.13. The Bertz CT molecular complexity index is 393. The molecule has 96 valence electrons. The summed E-state index contributed by atoms with van der Waals surface area (Å²) in [6.45, 7) is 12.8. The van der Waals surface area contributed by atoms with Gasteiger partial charge in [-0.05, 0) is 11.8 Å². The largest absolute Gasteiger partial charge is 0.292 e. The lowest BCUT2D eigenvalue weighted by molar-refractivity contribution is 0.0961. The van der Waals surface area contributed by atoms with Gasteiger partial charge in [-0.1, -0.05) is 41.5 Å². The van der Waals surface area contributed by atoms with Crippen molar-refractivity contribution in [3.8, 4) is 0 Å². The molecule has 0 saturated carbocycles. The minimum Gasteiger partial charge on any atom is -0.292 e. The van der Waals surface area contributed by atoms with Gasteiger partial charge >= 0.3 is 0 Å². The van der Waals surface area contributed by atoms with Crippen LogP contribution in [-0.2, 0) is 5.41 Å². The van der Waals surface area contributed by atoms with Crippen LogP contribution in [-0.4, -0.2) is 10.8 Å². The third-order valence-electron chi connectivity index (χ3n) is 2.53. The third-order valence-corrected chi connectivity index (χ3v) is 3.80. The number of ketones is 1. The van der Waals surface area contributed by atoms with E-state index in [4.69, 9.17) is 0 Å². The fraction of sp³-hybridized carbons (Fsp3) is 0.714. The van der Waals surface area contributed by atoms with Gasteiger partial charge in [0, 0.05) is 17.2 Å². The summed E-state index contributed by atoms with van der Waals surface area (Å²) < 4.78 is 0. The highest BCUT2D eigenvalue weighted by atomic mass is 32.1. The van der Waals surface area contributed by atoms with E-state index in [-0.39, 0.29) is 16.6 Å². The van der Waals surface area contributed by atoms with Crippen LogP contribution >= 0.6 is 11.3 Å². The molecular weight excluding hydrogens is 230 g/mol. The molecule has 0 bridgehead atoms. The number of Topliss-reactive ketones (excluding diaryl/α,β-unsaturated/α-hetero) is 1. The lowest BCUT2D eigenvalue weighted by Crippen LogP contribution is -2.12. The Morgan fingerprint density at radius 3 is 2.24 bits per heavy atom. The second-order valence-corrected chi connectivity index (χ2v) is 7.63. The maximum absolute atomic E-state index is 12.0. The molecule has 0 saturated heterocycles. The Morgan fingerprint density at radius 2 is 1.82 bits per heavy atom.